The number of aliphatic carboxylic acids is 1. The van der Waals surface area contributed by atoms with Gasteiger partial charge >= 0.3 is 5.97 Å². The van der Waals surface area contributed by atoms with E-state index in [-0.39, 0.29) is 16.5 Å². The minimum Gasteiger partial charge on any atom is -0.480 e. The molecule has 0 fully saturated rings. The van der Waals surface area contributed by atoms with Crippen molar-refractivity contribution in [2.24, 2.45) is 0 Å². The molecule has 0 aromatic carbocycles. The fourth-order valence-electron chi connectivity index (χ4n) is 1.34. The Balaban J connectivity index is 2.46. The normalized spacial score (nSPS) is 24.1. The monoisotopic (exact) mass is 215 g/mol. The minimum atomic E-state index is -1.21. The van der Waals surface area contributed by atoms with Crippen LogP contribution in [0, 0.1) is 0 Å². The average molecular weight is 216 g/mol. The number of anilines is 1. The molecule has 0 aliphatic carbocycles. The number of aliphatic hydroxyl groups is 1. The third-order valence-corrected chi connectivity index (χ3v) is 2.31. The Morgan fingerprint density at radius 2 is 2.29 bits per heavy atom. The molecule has 7 heteroatoms. The maximum absolute atomic E-state index is 10.7. The SMILES string of the molecule is O=C(O)C1Nc2ncnc(Cl)c2C1O. The Bertz CT molecular complexity index is 398. The summed E-state index contributed by atoms with van der Waals surface area (Å²) in [5.41, 5.74) is 0.238. The number of nitrogens with zero attached hydrogens (tertiary/aromatic N) is 2. The van der Waals surface area contributed by atoms with Crippen molar-refractivity contribution in [2.75, 3.05) is 5.32 Å². The van der Waals surface area contributed by atoms with E-state index < -0.39 is 18.1 Å². The number of hydrogen-bond acceptors (Lipinski definition) is 5. The summed E-state index contributed by atoms with van der Waals surface area (Å²) >= 11 is 5.69. The van der Waals surface area contributed by atoms with Crippen molar-refractivity contribution in [3.8, 4) is 0 Å². The molecule has 0 saturated carbocycles. The zero-order chi connectivity index (χ0) is 10.3. The lowest BCUT2D eigenvalue weighted by atomic mass is 10.1. The minimum absolute atomic E-state index is 0.0683. The second-order valence-electron chi connectivity index (χ2n) is 2.83. The second kappa shape index (κ2) is 3.07. The molecule has 1 aromatic rings. The quantitative estimate of drug-likeness (QED) is 0.573. The first-order chi connectivity index (χ1) is 6.61. The standard InChI is InChI=1S/C7H6ClN3O3/c8-5-2-4(12)3(7(13)14)11-6(2)10-1-9-5/h1,3-4,12H,(H,13,14)(H,9,10,11). The highest BCUT2D eigenvalue weighted by Crippen LogP contribution is 2.36. The molecule has 1 aromatic heterocycles. The lowest BCUT2D eigenvalue weighted by molar-refractivity contribution is -0.140. The summed E-state index contributed by atoms with van der Waals surface area (Å²) in [7, 11) is 0. The highest BCUT2D eigenvalue weighted by atomic mass is 35.5. The van der Waals surface area contributed by atoms with E-state index in [2.05, 4.69) is 15.3 Å². The third-order valence-electron chi connectivity index (χ3n) is 2.01. The molecule has 0 saturated heterocycles. The maximum Gasteiger partial charge on any atom is 0.329 e. The second-order valence-corrected chi connectivity index (χ2v) is 3.19. The average Bonchev–Trinajstić information content (AvgIpc) is 2.45. The van der Waals surface area contributed by atoms with Crippen molar-refractivity contribution in [3.05, 3.63) is 17.0 Å². The number of fused-ring (bicyclic) bond motifs is 1. The summed E-state index contributed by atoms with van der Waals surface area (Å²) < 4.78 is 0. The Kier molecular flexibility index (Phi) is 2.01. The number of halogens is 1. The van der Waals surface area contributed by atoms with Gasteiger partial charge in [-0.25, -0.2) is 14.8 Å². The molecule has 3 N–H and O–H groups in total. The van der Waals surface area contributed by atoms with Gasteiger partial charge in [-0.1, -0.05) is 11.6 Å². The first-order valence-electron chi connectivity index (χ1n) is 3.79. The lowest BCUT2D eigenvalue weighted by Crippen LogP contribution is -2.30. The summed E-state index contributed by atoms with van der Waals surface area (Å²) in [5, 5.41) is 20.9. The van der Waals surface area contributed by atoms with Gasteiger partial charge in [0.2, 0.25) is 0 Å². The highest BCUT2D eigenvalue weighted by molar-refractivity contribution is 6.30. The van der Waals surface area contributed by atoms with Gasteiger partial charge < -0.3 is 15.5 Å². The predicted molar refractivity (Wildman–Crippen MR) is 47.0 cm³/mol. The van der Waals surface area contributed by atoms with Gasteiger partial charge in [-0.05, 0) is 0 Å². The van der Waals surface area contributed by atoms with E-state index in [1.165, 1.54) is 6.33 Å². The van der Waals surface area contributed by atoms with Gasteiger partial charge in [0.15, 0.2) is 6.04 Å². The van der Waals surface area contributed by atoms with Crippen LogP contribution in [-0.4, -0.2) is 32.2 Å². The molecule has 2 atom stereocenters. The summed E-state index contributed by atoms with van der Waals surface area (Å²) in [6, 6.07) is -1.11. The maximum atomic E-state index is 10.7. The molecule has 0 spiro atoms. The lowest BCUT2D eigenvalue weighted by Gasteiger charge is -2.08. The number of nitrogens with one attached hydrogen (secondary N) is 1. The van der Waals surface area contributed by atoms with E-state index in [0.717, 1.165) is 0 Å². The van der Waals surface area contributed by atoms with Crippen LogP contribution in [0.4, 0.5) is 5.82 Å². The van der Waals surface area contributed by atoms with Gasteiger partial charge in [-0.2, -0.15) is 0 Å². The molecule has 2 unspecified atom stereocenters. The van der Waals surface area contributed by atoms with Crippen LogP contribution in [0.5, 0.6) is 0 Å². The number of aromatic nitrogens is 2. The van der Waals surface area contributed by atoms with Crippen LogP contribution in [0.15, 0.2) is 6.33 Å². The number of aliphatic hydroxyl groups excluding tert-OH is 1. The number of carboxylic acid groups (broad SMARTS) is 1. The van der Waals surface area contributed by atoms with Gasteiger partial charge in [0, 0.05) is 0 Å². The fourth-order valence-corrected chi connectivity index (χ4v) is 1.59. The number of carboxylic acids is 1. The first kappa shape index (κ1) is 9.17. The summed E-state index contributed by atoms with van der Waals surface area (Å²) in [4.78, 5) is 18.1. The van der Waals surface area contributed by atoms with E-state index in [4.69, 9.17) is 16.7 Å². The van der Waals surface area contributed by atoms with Crippen molar-refractivity contribution in [2.45, 2.75) is 12.1 Å². The van der Waals surface area contributed by atoms with E-state index >= 15 is 0 Å². The molecular weight excluding hydrogens is 210 g/mol. The summed E-state index contributed by atoms with van der Waals surface area (Å²) in [6.45, 7) is 0. The molecular formula is C7H6ClN3O3. The van der Waals surface area contributed by atoms with Crippen LogP contribution < -0.4 is 5.32 Å². The summed E-state index contributed by atoms with van der Waals surface area (Å²) in [5.74, 6) is -0.892. The van der Waals surface area contributed by atoms with Crippen LogP contribution in [-0.2, 0) is 4.79 Å². The van der Waals surface area contributed by atoms with E-state index in [9.17, 15) is 9.90 Å². The molecule has 1 aliphatic rings. The Labute approximate surface area is 83.6 Å². The number of hydrogen-bond donors (Lipinski definition) is 3. The Morgan fingerprint density at radius 3 is 2.86 bits per heavy atom. The predicted octanol–water partition coefficient (Wildman–Crippen LogP) is 0.0421. The van der Waals surface area contributed by atoms with Gasteiger partial charge in [0.25, 0.3) is 0 Å². The Morgan fingerprint density at radius 1 is 1.57 bits per heavy atom. The van der Waals surface area contributed by atoms with E-state index in [1.54, 1.807) is 0 Å². The van der Waals surface area contributed by atoms with Gasteiger partial charge in [0.05, 0.1) is 5.56 Å². The van der Waals surface area contributed by atoms with Crippen LogP contribution in [0.1, 0.15) is 11.7 Å². The molecule has 2 heterocycles. The van der Waals surface area contributed by atoms with Crippen molar-refractivity contribution in [1.29, 1.82) is 0 Å². The summed E-state index contributed by atoms with van der Waals surface area (Å²) in [6.07, 6.45) is -0.0123. The Hall–Kier alpha value is -1.40. The van der Waals surface area contributed by atoms with E-state index in [0.29, 0.717) is 0 Å². The van der Waals surface area contributed by atoms with Crippen LogP contribution in [0.25, 0.3) is 0 Å². The largest absolute Gasteiger partial charge is 0.480 e. The number of carbonyl (C=O) groups is 1. The first-order valence-corrected chi connectivity index (χ1v) is 4.17. The molecule has 2 rings (SSSR count). The third kappa shape index (κ3) is 1.19. The van der Waals surface area contributed by atoms with Crippen LogP contribution in [0.2, 0.25) is 5.15 Å². The topological polar surface area (TPSA) is 95.3 Å². The van der Waals surface area contributed by atoms with E-state index in [1.807, 2.05) is 0 Å². The van der Waals surface area contributed by atoms with Crippen LogP contribution in [0.3, 0.4) is 0 Å². The molecule has 74 valence electrons. The fraction of sp³-hybridized carbons (Fsp3) is 0.286. The molecule has 14 heavy (non-hydrogen) atoms. The number of rotatable bonds is 1. The van der Waals surface area contributed by atoms with Crippen molar-refractivity contribution >= 4 is 23.4 Å². The van der Waals surface area contributed by atoms with Gasteiger partial charge in [0.1, 0.15) is 23.4 Å². The van der Waals surface area contributed by atoms with Crippen LogP contribution >= 0.6 is 11.6 Å². The molecule has 0 amide bonds. The molecule has 0 radical (unpaired) electrons. The molecule has 6 nitrogen and oxygen atoms in total. The molecule has 0 bridgehead atoms. The molecule has 1 aliphatic heterocycles. The smallest absolute Gasteiger partial charge is 0.329 e. The zero-order valence-corrected chi connectivity index (χ0v) is 7.56. The zero-order valence-electron chi connectivity index (χ0n) is 6.81. The van der Waals surface area contributed by atoms with Crippen molar-refractivity contribution in [1.82, 2.24) is 9.97 Å². The van der Waals surface area contributed by atoms with Crippen molar-refractivity contribution < 1.29 is 15.0 Å². The van der Waals surface area contributed by atoms with Gasteiger partial charge in [-0.3, -0.25) is 0 Å². The van der Waals surface area contributed by atoms with Gasteiger partial charge in [-0.15, -0.1) is 0 Å². The van der Waals surface area contributed by atoms with Crippen molar-refractivity contribution in [3.63, 3.8) is 0 Å². The highest BCUT2D eigenvalue weighted by Gasteiger charge is 2.38.